The number of aromatic nitrogens is 1. The van der Waals surface area contributed by atoms with Gasteiger partial charge in [0.1, 0.15) is 0 Å². The van der Waals surface area contributed by atoms with Crippen molar-refractivity contribution in [3.63, 3.8) is 0 Å². The van der Waals surface area contributed by atoms with Crippen LogP contribution in [0, 0.1) is 0 Å². The summed E-state index contributed by atoms with van der Waals surface area (Å²) < 4.78 is 10.3. The number of methoxy groups -OCH3 is 1. The fraction of sp³-hybridized carbons (Fsp3) is 0.583. The molecule has 0 aromatic carbocycles. The zero-order valence-corrected chi connectivity index (χ0v) is 10.3. The zero-order valence-electron chi connectivity index (χ0n) is 10.3. The highest BCUT2D eigenvalue weighted by molar-refractivity contribution is 5.49. The maximum absolute atomic E-state index is 9.48. The maximum atomic E-state index is 9.48. The first kappa shape index (κ1) is 13.7. The van der Waals surface area contributed by atoms with Crippen LogP contribution >= 0.6 is 0 Å². The third-order valence-corrected chi connectivity index (χ3v) is 2.20. The Morgan fingerprint density at radius 1 is 1.53 bits per heavy atom. The molecule has 1 atom stereocenters. The van der Waals surface area contributed by atoms with Crippen LogP contribution in [0.15, 0.2) is 18.3 Å². The van der Waals surface area contributed by atoms with Crippen molar-refractivity contribution in [2.75, 3.05) is 32.2 Å². The molecule has 0 saturated heterocycles. The Labute approximate surface area is 102 Å². The third-order valence-electron chi connectivity index (χ3n) is 2.20. The van der Waals surface area contributed by atoms with Crippen LogP contribution in [-0.2, 0) is 4.74 Å². The minimum atomic E-state index is -0.452. The van der Waals surface area contributed by atoms with E-state index in [2.05, 4.69) is 10.3 Å². The Balaban J connectivity index is 2.40. The van der Waals surface area contributed by atoms with Crippen molar-refractivity contribution in [3.8, 4) is 5.75 Å². The number of hydrogen-bond donors (Lipinski definition) is 2. The van der Waals surface area contributed by atoms with Crippen LogP contribution in [0.1, 0.15) is 13.3 Å². The SMILES string of the molecule is CCOc1cccnc1NCCC(O)COC. The zero-order chi connectivity index (χ0) is 12.5. The van der Waals surface area contributed by atoms with Gasteiger partial charge in [-0.3, -0.25) is 0 Å². The van der Waals surface area contributed by atoms with Gasteiger partial charge in [-0.2, -0.15) is 0 Å². The summed E-state index contributed by atoms with van der Waals surface area (Å²) >= 11 is 0. The van der Waals surface area contributed by atoms with Crippen LogP contribution in [0.4, 0.5) is 5.82 Å². The molecule has 0 fully saturated rings. The molecule has 1 aromatic heterocycles. The fourth-order valence-corrected chi connectivity index (χ4v) is 1.43. The lowest BCUT2D eigenvalue weighted by atomic mass is 10.2. The van der Waals surface area contributed by atoms with Crippen LogP contribution in [0.2, 0.25) is 0 Å². The van der Waals surface area contributed by atoms with Crippen molar-refractivity contribution >= 4 is 5.82 Å². The number of aliphatic hydroxyl groups excluding tert-OH is 1. The topological polar surface area (TPSA) is 63.6 Å². The molecular formula is C12H20N2O3. The molecule has 1 heterocycles. The van der Waals surface area contributed by atoms with Gasteiger partial charge >= 0.3 is 0 Å². The minimum absolute atomic E-state index is 0.349. The van der Waals surface area contributed by atoms with E-state index >= 15 is 0 Å². The molecule has 17 heavy (non-hydrogen) atoms. The van der Waals surface area contributed by atoms with Crippen molar-refractivity contribution in [2.45, 2.75) is 19.4 Å². The molecule has 0 spiro atoms. The lowest BCUT2D eigenvalue weighted by molar-refractivity contribution is 0.0615. The van der Waals surface area contributed by atoms with Gasteiger partial charge in [-0.25, -0.2) is 4.98 Å². The van der Waals surface area contributed by atoms with Crippen molar-refractivity contribution in [1.29, 1.82) is 0 Å². The molecule has 0 aliphatic heterocycles. The quantitative estimate of drug-likeness (QED) is 0.717. The number of rotatable bonds is 8. The van der Waals surface area contributed by atoms with Crippen molar-refractivity contribution in [2.24, 2.45) is 0 Å². The van der Waals surface area contributed by atoms with Crippen molar-refractivity contribution in [3.05, 3.63) is 18.3 Å². The summed E-state index contributed by atoms with van der Waals surface area (Å²) in [6.07, 6.45) is 1.86. The molecule has 96 valence electrons. The number of anilines is 1. The standard InChI is InChI=1S/C12H20N2O3/c1-3-17-11-5-4-7-13-12(11)14-8-6-10(15)9-16-2/h4-5,7,10,15H,3,6,8-9H2,1-2H3,(H,13,14). The highest BCUT2D eigenvalue weighted by Crippen LogP contribution is 2.20. The largest absolute Gasteiger partial charge is 0.490 e. The normalized spacial score (nSPS) is 12.2. The monoisotopic (exact) mass is 240 g/mol. The van der Waals surface area contributed by atoms with Gasteiger partial charge in [0.15, 0.2) is 11.6 Å². The molecule has 0 amide bonds. The molecule has 1 aromatic rings. The van der Waals surface area contributed by atoms with Gasteiger partial charge < -0.3 is 19.9 Å². The molecule has 0 saturated carbocycles. The van der Waals surface area contributed by atoms with Gasteiger partial charge in [-0.05, 0) is 25.5 Å². The second kappa shape index (κ2) is 7.86. The highest BCUT2D eigenvalue weighted by Gasteiger charge is 2.06. The van der Waals surface area contributed by atoms with Gasteiger partial charge in [-0.1, -0.05) is 0 Å². The molecule has 2 N–H and O–H groups in total. The van der Waals surface area contributed by atoms with Crippen LogP contribution in [-0.4, -0.2) is 43.1 Å². The molecule has 0 aliphatic carbocycles. The summed E-state index contributed by atoms with van der Waals surface area (Å²) in [5.74, 6) is 1.44. The predicted molar refractivity (Wildman–Crippen MR) is 66.4 cm³/mol. The molecular weight excluding hydrogens is 220 g/mol. The van der Waals surface area contributed by atoms with E-state index in [1.165, 1.54) is 0 Å². The smallest absolute Gasteiger partial charge is 0.168 e. The number of ether oxygens (including phenoxy) is 2. The predicted octanol–water partition coefficient (Wildman–Crippen LogP) is 1.29. The number of pyridine rings is 1. The number of nitrogens with one attached hydrogen (secondary N) is 1. The Hall–Kier alpha value is -1.33. The van der Waals surface area contributed by atoms with E-state index in [9.17, 15) is 5.11 Å². The first-order chi connectivity index (χ1) is 8.27. The van der Waals surface area contributed by atoms with Gasteiger partial charge in [0, 0.05) is 19.9 Å². The first-order valence-corrected chi connectivity index (χ1v) is 5.76. The second-order valence-electron chi connectivity index (χ2n) is 3.61. The Bertz CT molecular complexity index is 320. The molecule has 0 radical (unpaired) electrons. The van der Waals surface area contributed by atoms with Crippen LogP contribution in [0.3, 0.4) is 0 Å². The van der Waals surface area contributed by atoms with Crippen LogP contribution < -0.4 is 10.1 Å². The first-order valence-electron chi connectivity index (χ1n) is 5.76. The number of nitrogens with zero attached hydrogens (tertiary/aromatic N) is 1. The van der Waals surface area contributed by atoms with Gasteiger partial charge in [0.05, 0.1) is 19.3 Å². The second-order valence-corrected chi connectivity index (χ2v) is 3.61. The number of hydrogen-bond acceptors (Lipinski definition) is 5. The maximum Gasteiger partial charge on any atom is 0.168 e. The fourth-order valence-electron chi connectivity index (χ4n) is 1.43. The number of aliphatic hydroxyl groups is 1. The van der Waals surface area contributed by atoms with E-state index < -0.39 is 6.10 Å². The molecule has 0 bridgehead atoms. The summed E-state index contributed by atoms with van der Waals surface area (Å²) in [7, 11) is 1.57. The molecule has 1 unspecified atom stereocenters. The lowest BCUT2D eigenvalue weighted by Gasteiger charge is -2.13. The van der Waals surface area contributed by atoms with E-state index in [0.29, 0.717) is 32.0 Å². The molecule has 1 rings (SSSR count). The summed E-state index contributed by atoms with van der Waals surface area (Å²) in [5, 5.41) is 12.6. The van der Waals surface area contributed by atoms with E-state index in [1.807, 2.05) is 19.1 Å². The van der Waals surface area contributed by atoms with E-state index in [1.54, 1.807) is 13.3 Å². The van der Waals surface area contributed by atoms with Crippen LogP contribution in [0.5, 0.6) is 5.75 Å². The lowest BCUT2D eigenvalue weighted by Crippen LogP contribution is -2.18. The Kier molecular flexibility index (Phi) is 6.35. The molecule has 5 nitrogen and oxygen atoms in total. The van der Waals surface area contributed by atoms with Gasteiger partial charge in [0.2, 0.25) is 0 Å². The summed E-state index contributed by atoms with van der Waals surface area (Å²) in [6, 6.07) is 3.69. The molecule has 5 heteroatoms. The van der Waals surface area contributed by atoms with E-state index in [-0.39, 0.29) is 0 Å². The summed E-state index contributed by atoms with van der Waals surface area (Å²) in [6.45, 7) is 3.51. The van der Waals surface area contributed by atoms with Crippen LogP contribution in [0.25, 0.3) is 0 Å². The van der Waals surface area contributed by atoms with E-state index in [4.69, 9.17) is 9.47 Å². The van der Waals surface area contributed by atoms with Gasteiger partial charge in [0.25, 0.3) is 0 Å². The minimum Gasteiger partial charge on any atom is -0.490 e. The Morgan fingerprint density at radius 2 is 2.35 bits per heavy atom. The molecule has 0 aliphatic rings. The Morgan fingerprint density at radius 3 is 3.06 bits per heavy atom. The average molecular weight is 240 g/mol. The highest BCUT2D eigenvalue weighted by atomic mass is 16.5. The summed E-state index contributed by atoms with van der Waals surface area (Å²) in [4.78, 5) is 4.19. The van der Waals surface area contributed by atoms with Crippen molar-refractivity contribution in [1.82, 2.24) is 4.98 Å². The van der Waals surface area contributed by atoms with Gasteiger partial charge in [-0.15, -0.1) is 0 Å². The van der Waals surface area contributed by atoms with Crippen molar-refractivity contribution < 1.29 is 14.6 Å². The van der Waals surface area contributed by atoms with E-state index in [0.717, 1.165) is 5.75 Å². The average Bonchev–Trinajstić information content (AvgIpc) is 2.32. The summed E-state index contributed by atoms with van der Waals surface area (Å²) in [5.41, 5.74) is 0. The third kappa shape index (κ3) is 5.01.